The van der Waals surface area contributed by atoms with E-state index in [9.17, 15) is 24.9 Å². The van der Waals surface area contributed by atoms with Gasteiger partial charge < -0.3 is 20.6 Å². The van der Waals surface area contributed by atoms with Gasteiger partial charge in [0.2, 0.25) is 5.91 Å². The number of rotatable bonds is 8. The van der Waals surface area contributed by atoms with E-state index in [0.29, 0.717) is 0 Å². The fourth-order valence-electron chi connectivity index (χ4n) is 2.09. The van der Waals surface area contributed by atoms with Crippen molar-refractivity contribution in [2.24, 2.45) is 5.41 Å². The summed E-state index contributed by atoms with van der Waals surface area (Å²) in [7, 11) is 0. The second-order valence-corrected chi connectivity index (χ2v) is 6.54. The molecule has 0 heterocycles. The number of nitrogens with one attached hydrogen (secondary N) is 1. The van der Waals surface area contributed by atoms with Gasteiger partial charge >= 0.3 is 6.09 Å². The molecule has 0 saturated carbocycles. The zero-order chi connectivity index (χ0) is 18.3. The van der Waals surface area contributed by atoms with Gasteiger partial charge in [0.1, 0.15) is 6.10 Å². The third-order valence-electron chi connectivity index (χ3n) is 3.94. The Balaban J connectivity index is 2.64. The van der Waals surface area contributed by atoms with Crippen LogP contribution in [0.2, 0.25) is 0 Å². The highest BCUT2D eigenvalue weighted by Crippen LogP contribution is 2.19. The number of aliphatic hydroxyl groups excluding tert-OH is 2. The molecule has 24 heavy (non-hydrogen) atoms. The van der Waals surface area contributed by atoms with Crippen molar-refractivity contribution in [3.05, 3.63) is 35.9 Å². The number of carbonyl (C=O) groups is 2. The second-order valence-electron chi connectivity index (χ2n) is 6.54. The summed E-state index contributed by atoms with van der Waals surface area (Å²) in [5, 5.41) is 31.0. The van der Waals surface area contributed by atoms with E-state index in [4.69, 9.17) is 0 Å². The number of hydrogen-bond acceptors (Lipinski definition) is 4. The minimum absolute atomic E-state index is 0.0660. The Labute approximate surface area is 141 Å². The van der Waals surface area contributed by atoms with Crippen LogP contribution in [-0.2, 0) is 11.3 Å². The lowest BCUT2D eigenvalue weighted by Crippen LogP contribution is -2.50. The molecule has 1 aromatic rings. The summed E-state index contributed by atoms with van der Waals surface area (Å²) in [6.45, 7) is 4.75. The lowest BCUT2D eigenvalue weighted by Gasteiger charge is -2.30. The van der Waals surface area contributed by atoms with Gasteiger partial charge in [-0.3, -0.25) is 9.69 Å². The Kier molecular flexibility index (Phi) is 7.18. The number of hydrogen-bond donors (Lipinski definition) is 4. The molecule has 0 aromatic heterocycles. The largest absolute Gasteiger partial charge is 0.465 e. The van der Waals surface area contributed by atoms with Crippen LogP contribution >= 0.6 is 0 Å². The first-order valence-electron chi connectivity index (χ1n) is 7.79. The lowest BCUT2D eigenvalue weighted by molar-refractivity contribution is -0.137. The van der Waals surface area contributed by atoms with Crippen LogP contribution in [-0.4, -0.2) is 57.5 Å². The monoisotopic (exact) mass is 338 g/mol. The van der Waals surface area contributed by atoms with Gasteiger partial charge in [-0.05, 0) is 12.5 Å². The predicted molar refractivity (Wildman–Crippen MR) is 89.4 cm³/mol. The normalized spacial score (nSPS) is 13.9. The first kappa shape index (κ1) is 19.9. The smallest absolute Gasteiger partial charge is 0.407 e. The Morgan fingerprint density at radius 1 is 1.25 bits per heavy atom. The van der Waals surface area contributed by atoms with Crippen LogP contribution in [0.5, 0.6) is 0 Å². The molecule has 7 heteroatoms. The van der Waals surface area contributed by atoms with Crippen LogP contribution in [0.25, 0.3) is 0 Å². The summed E-state index contributed by atoms with van der Waals surface area (Å²) in [4.78, 5) is 24.6. The number of benzene rings is 1. The predicted octanol–water partition coefficient (Wildman–Crippen LogP) is 1.05. The first-order chi connectivity index (χ1) is 11.2. The standard InChI is InChI=1S/C17H26N2O5/c1-12(9-18-15(22)14(21)17(2,3)11-20)19(16(23)24)10-13-7-5-4-6-8-13/h4-8,12,14,20-21H,9-11H2,1-3H3,(H,18,22)(H,23,24)/t12-,14-/m1/s1. The van der Waals surface area contributed by atoms with Crippen molar-refractivity contribution in [2.75, 3.05) is 13.2 Å². The van der Waals surface area contributed by atoms with Crippen LogP contribution < -0.4 is 5.32 Å². The third kappa shape index (κ3) is 5.50. The van der Waals surface area contributed by atoms with Crippen molar-refractivity contribution >= 4 is 12.0 Å². The second kappa shape index (κ2) is 8.65. The molecule has 0 radical (unpaired) electrons. The maximum atomic E-state index is 12.0. The summed E-state index contributed by atoms with van der Waals surface area (Å²) in [6, 6.07) is 8.69. The maximum absolute atomic E-state index is 12.0. The molecular formula is C17H26N2O5. The van der Waals surface area contributed by atoms with E-state index in [2.05, 4.69) is 5.32 Å². The fraction of sp³-hybridized carbons (Fsp3) is 0.529. The topological polar surface area (TPSA) is 110 Å². The number of aliphatic hydroxyl groups is 2. The molecule has 1 aromatic carbocycles. The zero-order valence-electron chi connectivity index (χ0n) is 14.3. The molecule has 1 rings (SSSR count). The Hall–Kier alpha value is -2.12. The summed E-state index contributed by atoms with van der Waals surface area (Å²) in [5.41, 5.74) is -0.122. The minimum Gasteiger partial charge on any atom is -0.465 e. The van der Waals surface area contributed by atoms with Crippen LogP contribution in [0, 0.1) is 5.41 Å². The highest BCUT2D eigenvalue weighted by Gasteiger charge is 2.33. The molecule has 0 aliphatic carbocycles. The van der Waals surface area contributed by atoms with Gasteiger partial charge in [0.15, 0.2) is 0 Å². The number of carbonyl (C=O) groups excluding carboxylic acids is 1. The Morgan fingerprint density at radius 3 is 2.33 bits per heavy atom. The molecule has 0 spiro atoms. The number of carboxylic acid groups (broad SMARTS) is 1. The molecule has 0 bridgehead atoms. The Bertz CT molecular complexity index is 547. The average molecular weight is 338 g/mol. The third-order valence-corrected chi connectivity index (χ3v) is 3.94. The summed E-state index contributed by atoms with van der Waals surface area (Å²) in [6.07, 6.45) is -2.46. The van der Waals surface area contributed by atoms with E-state index in [-0.39, 0.29) is 19.7 Å². The van der Waals surface area contributed by atoms with Gasteiger partial charge in [-0.25, -0.2) is 4.79 Å². The van der Waals surface area contributed by atoms with Crippen molar-refractivity contribution in [2.45, 2.75) is 39.5 Å². The molecule has 7 nitrogen and oxygen atoms in total. The van der Waals surface area contributed by atoms with E-state index in [0.717, 1.165) is 5.56 Å². The van der Waals surface area contributed by atoms with Crippen LogP contribution in [0.15, 0.2) is 30.3 Å². The van der Waals surface area contributed by atoms with Crippen LogP contribution in [0.3, 0.4) is 0 Å². The van der Waals surface area contributed by atoms with E-state index < -0.39 is 29.6 Å². The summed E-state index contributed by atoms with van der Waals surface area (Å²) >= 11 is 0. The fourth-order valence-corrected chi connectivity index (χ4v) is 2.09. The Morgan fingerprint density at radius 2 is 1.83 bits per heavy atom. The highest BCUT2D eigenvalue weighted by molar-refractivity contribution is 5.81. The van der Waals surface area contributed by atoms with Gasteiger partial charge in [-0.2, -0.15) is 0 Å². The molecule has 2 amide bonds. The molecule has 4 N–H and O–H groups in total. The van der Waals surface area contributed by atoms with Gasteiger partial charge in [0.25, 0.3) is 0 Å². The number of nitrogens with zero attached hydrogens (tertiary/aromatic N) is 1. The van der Waals surface area contributed by atoms with Crippen molar-refractivity contribution < 1.29 is 24.9 Å². The molecule has 134 valence electrons. The van der Waals surface area contributed by atoms with Crippen molar-refractivity contribution in [3.63, 3.8) is 0 Å². The summed E-state index contributed by atoms with van der Waals surface area (Å²) < 4.78 is 0. The first-order valence-corrected chi connectivity index (χ1v) is 7.79. The van der Waals surface area contributed by atoms with E-state index >= 15 is 0 Å². The van der Waals surface area contributed by atoms with Gasteiger partial charge in [0.05, 0.1) is 6.61 Å². The van der Waals surface area contributed by atoms with Crippen LogP contribution in [0.1, 0.15) is 26.3 Å². The van der Waals surface area contributed by atoms with Gasteiger partial charge in [-0.15, -0.1) is 0 Å². The maximum Gasteiger partial charge on any atom is 0.407 e. The molecule has 0 saturated heterocycles. The minimum atomic E-state index is -1.37. The van der Waals surface area contributed by atoms with E-state index in [1.807, 2.05) is 30.3 Å². The molecule has 0 aliphatic rings. The van der Waals surface area contributed by atoms with E-state index in [1.165, 1.54) is 4.90 Å². The lowest BCUT2D eigenvalue weighted by atomic mass is 9.87. The number of amides is 2. The molecule has 0 unspecified atom stereocenters. The molecular weight excluding hydrogens is 312 g/mol. The average Bonchev–Trinajstić information content (AvgIpc) is 2.57. The zero-order valence-corrected chi connectivity index (χ0v) is 14.3. The molecule has 0 aliphatic heterocycles. The summed E-state index contributed by atoms with van der Waals surface area (Å²) in [5.74, 6) is -0.633. The van der Waals surface area contributed by atoms with Crippen molar-refractivity contribution in [3.8, 4) is 0 Å². The van der Waals surface area contributed by atoms with Gasteiger partial charge in [-0.1, -0.05) is 44.2 Å². The van der Waals surface area contributed by atoms with Crippen LogP contribution in [0.4, 0.5) is 4.79 Å². The molecule has 0 fully saturated rings. The molecule has 2 atom stereocenters. The quantitative estimate of drug-likeness (QED) is 0.566. The van der Waals surface area contributed by atoms with E-state index in [1.54, 1.807) is 20.8 Å². The van der Waals surface area contributed by atoms with Crippen molar-refractivity contribution in [1.82, 2.24) is 10.2 Å². The van der Waals surface area contributed by atoms with Gasteiger partial charge in [0, 0.05) is 24.5 Å². The highest BCUT2D eigenvalue weighted by atomic mass is 16.4. The SMILES string of the molecule is C[C@H](CNC(=O)[C@@H](O)C(C)(C)CO)N(Cc1ccccc1)C(=O)O. The van der Waals surface area contributed by atoms with Crippen molar-refractivity contribution in [1.29, 1.82) is 0 Å².